The van der Waals surface area contributed by atoms with E-state index in [0.29, 0.717) is 5.56 Å². The number of benzene rings is 1. The van der Waals surface area contributed by atoms with E-state index in [-0.39, 0.29) is 0 Å². The van der Waals surface area contributed by atoms with Crippen molar-refractivity contribution in [3.05, 3.63) is 66.0 Å². The average Bonchev–Trinajstić information content (AvgIpc) is 2.30. The van der Waals surface area contributed by atoms with Gasteiger partial charge in [-0.1, -0.05) is 30.3 Å². The summed E-state index contributed by atoms with van der Waals surface area (Å²) in [6, 6.07) is 13.6. The smallest absolute Gasteiger partial charge is 0.254 e. The zero-order valence-electron chi connectivity index (χ0n) is 8.84. The van der Waals surface area contributed by atoms with E-state index in [1.54, 1.807) is 12.3 Å². The lowest BCUT2D eigenvalue weighted by Gasteiger charge is -1.98. The number of amides is 1. The predicted molar refractivity (Wildman–Crippen MR) is 60.7 cm³/mol. The lowest BCUT2D eigenvalue weighted by Crippen LogP contribution is -2.35. The third-order valence-electron chi connectivity index (χ3n) is 2.35. The third-order valence-corrected chi connectivity index (χ3v) is 2.35. The molecule has 0 saturated carbocycles. The highest BCUT2D eigenvalue weighted by Gasteiger charge is 2.07. The van der Waals surface area contributed by atoms with Gasteiger partial charge >= 0.3 is 0 Å². The van der Waals surface area contributed by atoms with Gasteiger partial charge in [-0.25, -0.2) is 0 Å². The first kappa shape index (κ1) is 10.4. The Morgan fingerprint density at radius 2 is 1.88 bits per heavy atom. The van der Waals surface area contributed by atoms with E-state index < -0.39 is 5.91 Å². The van der Waals surface area contributed by atoms with Gasteiger partial charge in [0, 0.05) is 11.6 Å². The van der Waals surface area contributed by atoms with E-state index in [2.05, 4.69) is 0 Å². The van der Waals surface area contributed by atoms with E-state index in [1.165, 1.54) is 5.56 Å². The Labute approximate surface area is 94.1 Å². The fourth-order valence-electron chi connectivity index (χ4n) is 1.56. The highest BCUT2D eigenvalue weighted by Crippen LogP contribution is 1.98. The maximum Gasteiger partial charge on any atom is 0.254 e. The van der Waals surface area contributed by atoms with Gasteiger partial charge in [0.2, 0.25) is 0 Å². The molecule has 0 saturated heterocycles. The molecule has 1 aromatic carbocycles. The van der Waals surface area contributed by atoms with Crippen LogP contribution in [-0.2, 0) is 6.54 Å². The van der Waals surface area contributed by atoms with Crippen molar-refractivity contribution in [1.82, 2.24) is 0 Å². The summed E-state index contributed by atoms with van der Waals surface area (Å²) in [5, 5.41) is 0. The Kier molecular flexibility index (Phi) is 2.96. The Hall–Kier alpha value is -2.16. The summed E-state index contributed by atoms with van der Waals surface area (Å²) in [5.41, 5.74) is 6.94. The molecule has 3 nitrogen and oxygen atoms in total. The molecule has 2 N–H and O–H groups in total. The van der Waals surface area contributed by atoms with Crippen LogP contribution >= 0.6 is 0 Å². The second-order valence-corrected chi connectivity index (χ2v) is 3.61. The molecular formula is C13H13N2O+. The van der Waals surface area contributed by atoms with Crippen LogP contribution < -0.4 is 10.3 Å². The minimum Gasteiger partial charge on any atom is -0.365 e. The number of carbonyl (C=O) groups excluding carboxylic acids is 1. The van der Waals surface area contributed by atoms with Gasteiger partial charge in [0.1, 0.15) is 5.56 Å². The number of aromatic nitrogens is 1. The molecule has 16 heavy (non-hydrogen) atoms. The molecular weight excluding hydrogens is 201 g/mol. The molecule has 0 atom stereocenters. The zero-order valence-corrected chi connectivity index (χ0v) is 8.84. The lowest BCUT2D eigenvalue weighted by molar-refractivity contribution is -0.688. The molecule has 0 fully saturated rings. The van der Waals surface area contributed by atoms with Crippen molar-refractivity contribution in [2.75, 3.05) is 0 Å². The molecule has 1 amide bonds. The van der Waals surface area contributed by atoms with Crippen molar-refractivity contribution in [2.45, 2.75) is 6.54 Å². The highest BCUT2D eigenvalue weighted by molar-refractivity contribution is 5.92. The molecule has 0 unspecified atom stereocenters. The van der Waals surface area contributed by atoms with E-state index in [1.807, 2.05) is 47.2 Å². The quantitative estimate of drug-likeness (QED) is 0.765. The summed E-state index contributed by atoms with van der Waals surface area (Å²) >= 11 is 0. The van der Waals surface area contributed by atoms with Crippen LogP contribution in [0.2, 0.25) is 0 Å². The topological polar surface area (TPSA) is 47.0 Å². The van der Waals surface area contributed by atoms with Crippen LogP contribution in [0.3, 0.4) is 0 Å². The van der Waals surface area contributed by atoms with Gasteiger partial charge in [0.15, 0.2) is 18.9 Å². The zero-order chi connectivity index (χ0) is 11.4. The van der Waals surface area contributed by atoms with Gasteiger partial charge < -0.3 is 5.73 Å². The van der Waals surface area contributed by atoms with Crippen molar-refractivity contribution in [3.8, 4) is 0 Å². The Morgan fingerprint density at radius 3 is 2.56 bits per heavy atom. The SMILES string of the molecule is NC(=O)c1ccc[15n+](Cc2ccccc2)c1. The molecule has 0 aliphatic heterocycles. The minimum atomic E-state index is -0.401. The normalized spacial score (nSPS) is 10.0. The van der Waals surface area contributed by atoms with Gasteiger partial charge in [-0.05, 0) is 6.07 Å². The molecule has 1 heterocycles. The lowest BCUT2D eigenvalue weighted by atomic mass is 10.2. The number of hydrogen-bond donors (Lipinski definition) is 1. The maximum atomic E-state index is 11.0. The molecule has 0 bridgehead atoms. The Bertz CT molecular complexity index is 494. The summed E-state index contributed by atoms with van der Waals surface area (Å²) in [6.45, 7) is 0.738. The van der Waals surface area contributed by atoms with Crippen LogP contribution in [0.1, 0.15) is 15.9 Å². The largest absolute Gasteiger partial charge is 0.365 e. The molecule has 0 aliphatic rings. The van der Waals surface area contributed by atoms with Crippen molar-refractivity contribution in [3.63, 3.8) is 0 Å². The first-order valence-electron chi connectivity index (χ1n) is 5.08. The number of primary amides is 1. The summed E-state index contributed by atoms with van der Waals surface area (Å²) in [6.07, 6.45) is 3.68. The van der Waals surface area contributed by atoms with Crippen molar-refractivity contribution >= 4 is 5.91 Å². The van der Waals surface area contributed by atoms with E-state index in [4.69, 9.17) is 5.73 Å². The molecule has 3 heteroatoms. The monoisotopic (exact) mass is 214 g/mol. The first-order chi connectivity index (χ1) is 7.75. The summed E-state index contributed by atoms with van der Waals surface area (Å²) in [7, 11) is 0. The average molecular weight is 214 g/mol. The van der Waals surface area contributed by atoms with Crippen LogP contribution in [0.5, 0.6) is 0 Å². The molecule has 2 aromatic rings. The molecule has 0 spiro atoms. The number of nitrogens with zero attached hydrogens (tertiary/aromatic N) is 1. The second kappa shape index (κ2) is 4.57. The Balaban J connectivity index is 2.22. The van der Waals surface area contributed by atoms with Crippen LogP contribution in [0.25, 0.3) is 0 Å². The van der Waals surface area contributed by atoms with Gasteiger partial charge in [0.25, 0.3) is 5.91 Å². The number of rotatable bonds is 3. The third kappa shape index (κ3) is 2.45. The van der Waals surface area contributed by atoms with Crippen LogP contribution in [0, 0.1) is 0 Å². The van der Waals surface area contributed by atoms with E-state index in [0.717, 1.165) is 6.54 Å². The van der Waals surface area contributed by atoms with Gasteiger partial charge in [-0.2, -0.15) is 4.57 Å². The van der Waals surface area contributed by atoms with Crippen molar-refractivity contribution in [1.29, 1.82) is 0 Å². The highest BCUT2D eigenvalue weighted by atomic mass is 16.1. The fourth-order valence-corrected chi connectivity index (χ4v) is 1.56. The second-order valence-electron chi connectivity index (χ2n) is 3.61. The fraction of sp³-hybridized carbons (Fsp3) is 0.0769. The number of nitrogens with two attached hydrogens (primary N) is 1. The maximum absolute atomic E-state index is 11.0. The standard InChI is InChI=1S/C13H12N2O/c14-13(16)12-7-4-8-15(10-12)9-11-5-2-1-3-6-11/h1-8,10H,9H2,(H-,14,16)/p+1/i15+1. The number of carbonyl (C=O) groups is 1. The molecule has 0 aliphatic carbocycles. The van der Waals surface area contributed by atoms with E-state index >= 15 is 0 Å². The van der Waals surface area contributed by atoms with Crippen LogP contribution in [0.4, 0.5) is 0 Å². The molecule has 80 valence electrons. The van der Waals surface area contributed by atoms with Gasteiger partial charge in [-0.15, -0.1) is 0 Å². The molecule has 1 aromatic heterocycles. The first-order valence-corrected chi connectivity index (χ1v) is 5.08. The Morgan fingerprint density at radius 1 is 1.12 bits per heavy atom. The van der Waals surface area contributed by atoms with Crippen LogP contribution in [0.15, 0.2) is 54.9 Å². The molecule has 2 rings (SSSR count). The minimum absolute atomic E-state index is 0.401. The van der Waals surface area contributed by atoms with Gasteiger partial charge in [0.05, 0.1) is 0 Å². The predicted octanol–water partition coefficient (Wildman–Crippen LogP) is 1.12. The summed E-state index contributed by atoms with van der Waals surface area (Å²) < 4.78 is 1.94. The van der Waals surface area contributed by atoms with Crippen LogP contribution in [-0.4, -0.2) is 5.91 Å². The van der Waals surface area contributed by atoms with Crippen molar-refractivity contribution < 1.29 is 9.36 Å². The molecule has 0 radical (unpaired) electrons. The summed E-state index contributed by atoms with van der Waals surface area (Å²) in [4.78, 5) is 11.0. The number of pyridine rings is 1. The van der Waals surface area contributed by atoms with Crippen molar-refractivity contribution in [2.24, 2.45) is 5.73 Å². The number of hydrogen-bond acceptors (Lipinski definition) is 1. The van der Waals surface area contributed by atoms with Gasteiger partial charge in [-0.3, -0.25) is 4.79 Å². The summed E-state index contributed by atoms with van der Waals surface area (Å²) in [5.74, 6) is -0.401. The van der Waals surface area contributed by atoms with E-state index in [9.17, 15) is 4.79 Å².